The predicted octanol–water partition coefficient (Wildman–Crippen LogP) is 3.55. The van der Waals surface area contributed by atoms with Crippen LogP contribution in [0.3, 0.4) is 0 Å². The van der Waals surface area contributed by atoms with Crippen LogP contribution in [-0.4, -0.2) is 35.6 Å². The number of hydrogen-bond donors (Lipinski definition) is 0. The van der Waals surface area contributed by atoms with E-state index in [0.29, 0.717) is 6.04 Å². The molecular weight excluding hydrogens is 326 g/mol. The molecule has 0 bridgehead atoms. The summed E-state index contributed by atoms with van der Waals surface area (Å²) in [6.07, 6.45) is 0. The Labute approximate surface area is 134 Å². The molecule has 4 heteroatoms. The zero-order valence-electron chi connectivity index (χ0n) is 12.2. The van der Waals surface area contributed by atoms with Crippen LogP contribution in [0.5, 0.6) is 0 Å². The number of rotatable bonds is 3. The average Bonchev–Trinajstić information content (AvgIpc) is 2.48. The highest BCUT2D eigenvalue weighted by Gasteiger charge is 2.24. The SMILES string of the molecule is CC1CN(Cc2ccccc2)CCN1c1cccc(Br)n1. The summed E-state index contributed by atoms with van der Waals surface area (Å²) in [5.74, 6) is 1.07. The van der Waals surface area contributed by atoms with E-state index >= 15 is 0 Å². The molecule has 3 rings (SSSR count). The lowest BCUT2D eigenvalue weighted by Crippen LogP contribution is -2.51. The Hall–Kier alpha value is -1.39. The molecule has 1 fully saturated rings. The standard InChI is InChI=1S/C17H20BrN3/c1-14-12-20(13-15-6-3-2-4-7-15)10-11-21(14)17-9-5-8-16(18)19-17/h2-9,14H,10-13H2,1H3. The van der Waals surface area contributed by atoms with E-state index in [9.17, 15) is 0 Å². The molecule has 2 heterocycles. The first-order valence-corrected chi connectivity index (χ1v) is 8.17. The van der Waals surface area contributed by atoms with Crippen LogP contribution in [0.15, 0.2) is 53.1 Å². The molecule has 1 saturated heterocycles. The molecule has 1 unspecified atom stereocenters. The van der Waals surface area contributed by atoms with Gasteiger partial charge in [0.05, 0.1) is 0 Å². The topological polar surface area (TPSA) is 19.4 Å². The van der Waals surface area contributed by atoms with Gasteiger partial charge < -0.3 is 4.90 Å². The molecule has 3 nitrogen and oxygen atoms in total. The van der Waals surface area contributed by atoms with Crippen LogP contribution in [0, 0.1) is 0 Å². The van der Waals surface area contributed by atoms with Crippen LogP contribution in [0.2, 0.25) is 0 Å². The maximum absolute atomic E-state index is 4.58. The van der Waals surface area contributed by atoms with Crippen molar-refractivity contribution in [3.05, 3.63) is 58.7 Å². The van der Waals surface area contributed by atoms with Crippen molar-refractivity contribution >= 4 is 21.7 Å². The molecule has 1 aromatic carbocycles. The van der Waals surface area contributed by atoms with E-state index in [1.807, 2.05) is 6.07 Å². The lowest BCUT2D eigenvalue weighted by atomic mass is 10.1. The molecule has 2 aromatic rings. The lowest BCUT2D eigenvalue weighted by molar-refractivity contribution is 0.220. The Morgan fingerprint density at radius 1 is 1.10 bits per heavy atom. The number of piperazine rings is 1. The van der Waals surface area contributed by atoms with Gasteiger partial charge >= 0.3 is 0 Å². The maximum atomic E-state index is 4.58. The predicted molar refractivity (Wildman–Crippen MR) is 90.5 cm³/mol. The number of anilines is 1. The minimum atomic E-state index is 0.476. The van der Waals surface area contributed by atoms with Gasteiger partial charge in [-0.3, -0.25) is 4.90 Å². The second-order valence-corrected chi connectivity index (χ2v) is 6.39. The van der Waals surface area contributed by atoms with Gasteiger partial charge in [0.25, 0.3) is 0 Å². The number of halogens is 1. The largest absolute Gasteiger partial charge is 0.351 e. The number of nitrogens with zero attached hydrogens (tertiary/aromatic N) is 3. The van der Waals surface area contributed by atoms with Gasteiger partial charge in [0.15, 0.2) is 0 Å². The molecule has 0 spiro atoms. The van der Waals surface area contributed by atoms with Gasteiger partial charge in [0, 0.05) is 32.2 Å². The van der Waals surface area contributed by atoms with Crippen LogP contribution in [0.1, 0.15) is 12.5 Å². The van der Waals surface area contributed by atoms with Gasteiger partial charge in [0.2, 0.25) is 0 Å². The highest BCUT2D eigenvalue weighted by molar-refractivity contribution is 9.10. The Morgan fingerprint density at radius 3 is 2.62 bits per heavy atom. The molecule has 110 valence electrons. The fraction of sp³-hybridized carbons (Fsp3) is 0.353. The fourth-order valence-electron chi connectivity index (χ4n) is 2.92. The third kappa shape index (κ3) is 3.63. The van der Waals surface area contributed by atoms with Crippen molar-refractivity contribution < 1.29 is 0 Å². The van der Waals surface area contributed by atoms with E-state index in [1.165, 1.54) is 5.56 Å². The number of hydrogen-bond acceptors (Lipinski definition) is 3. The minimum Gasteiger partial charge on any atom is -0.351 e. The summed E-state index contributed by atoms with van der Waals surface area (Å²) in [6, 6.07) is 17.3. The van der Waals surface area contributed by atoms with E-state index in [2.05, 4.69) is 80.1 Å². The molecule has 0 radical (unpaired) electrons. The van der Waals surface area contributed by atoms with Crippen molar-refractivity contribution in [3.8, 4) is 0 Å². The van der Waals surface area contributed by atoms with E-state index in [0.717, 1.165) is 36.6 Å². The fourth-order valence-corrected chi connectivity index (χ4v) is 3.25. The zero-order valence-corrected chi connectivity index (χ0v) is 13.8. The normalized spacial score (nSPS) is 19.7. The van der Waals surface area contributed by atoms with Crippen LogP contribution >= 0.6 is 15.9 Å². The summed E-state index contributed by atoms with van der Waals surface area (Å²) in [4.78, 5) is 9.50. The second kappa shape index (κ2) is 6.58. The Kier molecular flexibility index (Phi) is 4.56. The van der Waals surface area contributed by atoms with E-state index in [1.54, 1.807) is 0 Å². The van der Waals surface area contributed by atoms with Gasteiger partial charge in [-0.15, -0.1) is 0 Å². The summed E-state index contributed by atoms with van der Waals surface area (Å²) in [7, 11) is 0. The summed E-state index contributed by atoms with van der Waals surface area (Å²) in [5.41, 5.74) is 1.39. The quantitative estimate of drug-likeness (QED) is 0.793. The van der Waals surface area contributed by atoms with E-state index in [-0.39, 0.29) is 0 Å². The first-order chi connectivity index (χ1) is 10.2. The van der Waals surface area contributed by atoms with Crippen molar-refractivity contribution in [2.45, 2.75) is 19.5 Å². The number of aromatic nitrogens is 1. The Balaban J connectivity index is 1.64. The van der Waals surface area contributed by atoms with E-state index in [4.69, 9.17) is 0 Å². The molecule has 0 amide bonds. The summed E-state index contributed by atoms with van der Waals surface area (Å²) >= 11 is 3.46. The minimum absolute atomic E-state index is 0.476. The van der Waals surface area contributed by atoms with Crippen molar-refractivity contribution in [2.24, 2.45) is 0 Å². The first-order valence-electron chi connectivity index (χ1n) is 7.38. The zero-order chi connectivity index (χ0) is 14.7. The van der Waals surface area contributed by atoms with Crippen LogP contribution < -0.4 is 4.90 Å². The van der Waals surface area contributed by atoms with Gasteiger partial charge in [-0.05, 0) is 40.5 Å². The van der Waals surface area contributed by atoms with Gasteiger partial charge in [0.1, 0.15) is 10.4 Å². The molecule has 1 aliphatic heterocycles. The number of benzene rings is 1. The van der Waals surface area contributed by atoms with Crippen molar-refractivity contribution in [3.63, 3.8) is 0 Å². The van der Waals surface area contributed by atoms with Gasteiger partial charge in [-0.25, -0.2) is 4.98 Å². The highest BCUT2D eigenvalue weighted by Crippen LogP contribution is 2.21. The monoisotopic (exact) mass is 345 g/mol. The summed E-state index contributed by atoms with van der Waals surface area (Å²) < 4.78 is 0.902. The molecule has 1 atom stereocenters. The molecular formula is C17H20BrN3. The molecule has 1 aromatic heterocycles. The highest BCUT2D eigenvalue weighted by atomic mass is 79.9. The summed E-state index contributed by atoms with van der Waals surface area (Å²) in [6.45, 7) is 6.48. The van der Waals surface area contributed by atoms with E-state index < -0.39 is 0 Å². The molecule has 1 aliphatic rings. The smallest absolute Gasteiger partial charge is 0.130 e. The molecule has 21 heavy (non-hydrogen) atoms. The Bertz CT molecular complexity index is 588. The third-order valence-corrected chi connectivity index (χ3v) is 4.40. The van der Waals surface area contributed by atoms with Crippen LogP contribution in [0.4, 0.5) is 5.82 Å². The van der Waals surface area contributed by atoms with Crippen LogP contribution in [-0.2, 0) is 6.54 Å². The van der Waals surface area contributed by atoms with Gasteiger partial charge in [-0.1, -0.05) is 36.4 Å². The first kappa shape index (κ1) is 14.5. The maximum Gasteiger partial charge on any atom is 0.130 e. The molecule has 0 saturated carbocycles. The second-order valence-electron chi connectivity index (χ2n) is 5.58. The third-order valence-electron chi connectivity index (χ3n) is 3.96. The van der Waals surface area contributed by atoms with Crippen LogP contribution in [0.25, 0.3) is 0 Å². The van der Waals surface area contributed by atoms with Crippen molar-refractivity contribution in [1.82, 2.24) is 9.88 Å². The Morgan fingerprint density at radius 2 is 1.90 bits per heavy atom. The molecule has 0 N–H and O–H groups in total. The molecule has 0 aliphatic carbocycles. The number of pyridine rings is 1. The van der Waals surface area contributed by atoms with Crippen molar-refractivity contribution in [1.29, 1.82) is 0 Å². The van der Waals surface area contributed by atoms with Gasteiger partial charge in [-0.2, -0.15) is 0 Å². The lowest BCUT2D eigenvalue weighted by Gasteiger charge is -2.40. The summed E-state index contributed by atoms with van der Waals surface area (Å²) in [5, 5.41) is 0. The average molecular weight is 346 g/mol. The van der Waals surface area contributed by atoms with Crippen molar-refractivity contribution in [2.75, 3.05) is 24.5 Å².